The second-order valence-corrected chi connectivity index (χ2v) is 5.73. The van der Waals surface area contributed by atoms with E-state index < -0.39 is 0 Å². The molecule has 0 aliphatic rings. The van der Waals surface area contributed by atoms with E-state index in [0.717, 1.165) is 16.9 Å². The van der Waals surface area contributed by atoms with Crippen LogP contribution in [0.5, 0.6) is 0 Å². The minimum atomic E-state index is -0.0516. The van der Waals surface area contributed by atoms with Gasteiger partial charge in [0.05, 0.1) is 19.4 Å². The number of benzene rings is 1. The van der Waals surface area contributed by atoms with E-state index in [1.165, 1.54) is 0 Å². The molecule has 0 saturated heterocycles. The summed E-state index contributed by atoms with van der Waals surface area (Å²) < 4.78 is 10.5. The minimum Gasteiger partial charge on any atom is -0.467 e. The van der Waals surface area contributed by atoms with E-state index in [-0.39, 0.29) is 5.91 Å². The van der Waals surface area contributed by atoms with Crippen LogP contribution in [0, 0.1) is 0 Å². The number of carbonyl (C=O) groups excluding carboxylic acids is 1. The molecule has 2 heterocycles. The summed E-state index contributed by atoms with van der Waals surface area (Å²) in [4.78, 5) is 18.9. The van der Waals surface area contributed by atoms with Crippen molar-refractivity contribution in [3.05, 3.63) is 89.6 Å². The van der Waals surface area contributed by atoms with Crippen molar-refractivity contribution >= 4 is 5.91 Å². The van der Waals surface area contributed by atoms with E-state index in [1.54, 1.807) is 30.7 Å². The number of amides is 1. The molecular formula is C20H20N2O3. The van der Waals surface area contributed by atoms with Crippen LogP contribution in [-0.4, -0.2) is 22.9 Å². The highest BCUT2D eigenvalue weighted by Gasteiger charge is 2.18. The van der Waals surface area contributed by atoms with E-state index in [9.17, 15) is 4.79 Å². The predicted molar refractivity (Wildman–Crippen MR) is 93.7 cm³/mol. The first-order valence-corrected chi connectivity index (χ1v) is 8.04. The van der Waals surface area contributed by atoms with E-state index in [2.05, 4.69) is 4.98 Å². The minimum absolute atomic E-state index is 0.0516. The van der Waals surface area contributed by atoms with Gasteiger partial charge in [0.1, 0.15) is 5.76 Å². The smallest absolute Gasteiger partial charge is 0.254 e. The molecule has 0 aliphatic carbocycles. The zero-order chi connectivity index (χ0) is 17.5. The van der Waals surface area contributed by atoms with Gasteiger partial charge in [-0.15, -0.1) is 0 Å². The second-order valence-electron chi connectivity index (χ2n) is 5.73. The van der Waals surface area contributed by atoms with Crippen molar-refractivity contribution in [3.8, 4) is 0 Å². The van der Waals surface area contributed by atoms with E-state index in [4.69, 9.17) is 9.15 Å². The topological polar surface area (TPSA) is 55.6 Å². The van der Waals surface area contributed by atoms with Gasteiger partial charge in [-0.3, -0.25) is 9.78 Å². The fourth-order valence-electron chi connectivity index (χ4n) is 2.59. The second kappa shape index (κ2) is 8.26. The average Bonchev–Trinajstić information content (AvgIpc) is 3.15. The summed E-state index contributed by atoms with van der Waals surface area (Å²) >= 11 is 0. The van der Waals surface area contributed by atoms with E-state index >= 15 is 0 Å². The van der Waals surface area contributed by atoms with Crippen molar-refractivity contribution in [3.63, 3.8) is 0 Å². The first kappa shape index (κ1) is 16.9. The molecule has 0 unspecified atom stereocenters. The third kappa shape index (κ3) is 4.55. The van der Waals surface area contributed by atoms with Crippen LogP contribution in [0.3, 0.4) is 0 Å². The van der Waals surface area contributed by atoms with Crippen molar-refractivity contribution in [1.29, 1.82) is 0 Å². The van der Waals surface area contributed by atoms with Gasteiger partial charge in [-0.25, -0.2) is 0 Å². The maximum Gasteiger partial charge on any atom is 0.254 e. The molecule has 5 heteroatoms. The summed E-state index contributed by atoms with van der Waals surface area (Å²) in [7, 11) is 1.65. The molecule has 0 saturated carbocycles. The summed E-state index contributed by atoms with van der Waals surface area (Å²) in [5, 5.41) is 0. The van der Waals surface area contributed by atoms with Gasteiger partial charge in [0.15, 0.2) is 0 Å². The molecule has 1 amide bonds. The van der Waals surface area contributed by atoms with Crippen molar-refractivity contribution in [2.75, 3.05) is 7.11 Å². The Morgan fingerprint density at radius 1 is 1.08 bits per heavy atom. The standard InChI is InChI=1S/C20H20N2O3/c1-24-15-16-6-8-18(9-7-16)20(23)22(14-19-5-3-11-25-19)13-17-4-2-10-21-12-17/h2-12H,13-15H2,1H3. The molecule has 1 aromatic carbocycles. The Labute approximate surface area is 146 Å². The fraction of sp³-hybridized carbons (Fsp3) is 0.200. The lowest BCUT2D eigenvalue weighted by Gasteiger charge is -2.22. The Morgan fingerprint density at radius 3 is 2.56 bits per heavy atom. The number of hydrogen-bond acceptors (Lipinski definition) is 4. The summed E-state index contributed by atoms with van der Waals surface area (Å²) in [6, 6.07) is 15.0. The third-order valence-corrected chi connectivity index (χ3v) is 3.82. The number of hydrogen-bond donors (Lipinski definition) is 0. The van der Waals surface area contributed by atoms with Gasteiger partial charge in [-0.05, 0) is 41.5 Å². The molecule has 0 bridgehead atoms. The summed E-state index contributed by atoms with van der Waals surface area (Å²) in [6.07, 6.45) is 5.10. The number of aromatic nitrogens is 1. The Morgan fingerprint density at radius 2 is 1.92 bits per heavy atom. The Bertz CT molecular complexity index is 784. The lowest BCUT2D eigenvalue weighted by atomic mass is 10.1. The fourth-order valence-corrected chi connectivity index (χ4v) is 2.59. The van der Waals surface area contributed by atoms with Crippen LogP contribution < -0.4 is 0 Å². The zero-order valence-corrected chi connectivity index (χ0v) is 14.1. The van der Waals surface area contributed by atoms with Crippen molar-refractivity contribution in [2.24, 2.45) is 0 Å². The number of furan rings is 1. The molecule has 3 rings (SSSR count). The van der Waals surface area contributed by atoms with Crippen LogP contribution in [-0.2, 0) is 24.4 Å². The number of pyridine rings is 1. The molecule has 0 radical (unpaired) electrons. The molecule has 128 valence electrons. The predicted octanol–water partition coefficient (Wildman–Crippen LogP) is 3.66. The molecule has 0 fully saturated rings. The van der Waals surface area contributed by atoms with Crippen LogP contribution in [0.25, 0.3) is 0 Å². The molecule has 3 aromatic rings. The largest absolute Gasteiger partial charge is 0.467 e. The maximum atomic E-state index is 13.0. The summed E-state index contributed by atoms with van der Waals surface area (Å²) in [5.74, 6) is 0.692. The number of carbonyl (C=O) groups is 1. The van der Waals surface area contributed by atoms with Gasteiger partial charge in [0.25, 0.3) is 5.91 Å². The van der Waals surface area contributed by atoms with Crippen molar-refractivity contribution in [2.45, 2.75) is 19.7 Å². The van der Waals surface area contributed by atoms with Gasteiger partial charge in [-0.2, -0.15) is 0 Å². The number of ether oxygens (including phenoxy) is 1. The van der Waals surface area contributed by atoms with Crippen molar-refractivity contribution < 1.29 is 13.9 Å². The van der Waals surface area contributed by atoms with Gasteiger partial charge in [-0.1, -0.05) is 18.2 Å². The normalized spacial score (nSPS) is 10.6. The van der Waals surface area contributed by atoms with E-state index in [0.29, 0.717) is 25.3 Å². The van der Waals surface area contributed by atoms with Gasteiger partial charge in [0.2, 0.25) is 0 Å². The first-order chi connectivity index (χ1) is 12.3. The lowest BCUT2D eigenvalue weighted by Crippen LogP contribution is -2.30. The van der Waals surface area contributed by atoms with Crippen LogP contribution in [0.2, 0.25) is 0 Å². The van der Waals surface area contributed by atoms with Gasteiger partial charge in [0, 0.05) is 31.6 Å². The third-order valence-electron chi connectivity index (χ3n) is 3.82. The average molecular weight is 336 g/mol. The van der Waals surface area contributed by atoms with Gasteiger partial charge >= 0.3 is 0 Å². The highest BCUT2D eigenvalue weighted by molar-refractivity contribution is 5.94. The van der Waals surface area contributed by atoms with Gasteiger partial charge < -0.3 is 14.1 Å². The highest BCUT2D eigenvalue weighted by atomic mass is 16.5. The molecule has 0 N–H and O–H groups in total. The number of methoxy groups -OCH3 is 1. The summed E-state index contributed by atoms with van der Waals surface area (Å²) in [5.41, 5.74) is 2.64. The number of rotatable bonds is 7. The van der Waals surface area contributed by atoms with Crippen LogP contribution in [0.4, 0.5) is 0 Å². The monoisotopic (exact) mass is 336 g/mol. The lowest BCUT2D eigenvalue weighted by molar-refractivity contribution is 0.0717. The molecule has 25 heavy (non-hydrogen) atoms. The van der Waals surface area contributed by atoms with Crippen LogP contribution in [0.15, 0.2) is 71.6 Å². The van der Waals surface area contributed by atoms with E-state index in [1.807, 2.05) is 48.5 Å². The van der Waals surface area contributed by atoms with Crippen LogP contribution >= 0.6 is 0 Å². The number of nitrogens with zero attached hydrogens (tertiary/aromatic N) is 2. The Kier molecular flexibility index (Phi) is 5.59. The molecule has 0 spiro atoms. The SMILES string of the molecule is COCc1ccc(C(=O)N(Cc2cccnc2)Cc2ccco2)cc1. The van der Waals surface area contributed by atoms with Crippen molar-refractivity contribution in [1.82, 2.24) is 9.88 Å². The van der Waals surface area contributed by atoms with Crippen LogP contribution in [0.1, 0.15) is 27.2 Å². The zero-order valence-electron chi connectivity index (χ0n) is 14.1. The molecule has 2 aromatic heterocycles. The highest BCUT2D eigenvalue weighted by Crippen LogP contribution is 2.15. The summed E-state index contributed by atoms with van der Waals surface area (Å²) in [6.45, 7) is 1.40. The molecule has 0 atom stereocenters. The Balaban J connectivity index is 1.80. The maximum absolute atomic E-state index is 13.0. The quantitative estimate of drug-likeness (QED) is 0.661. The first-order valence-electron chi connectivity index (χ1n) is 8.04. The molecule has 5 nitrogen and oxygen atoms in total. The Hall–Kier alpha value is -2.92. The molecule has 0 aliphatic heterocycles. The molecular weight excluding hydrogens is 316 g/mol.